The number of methoxy groups -OCH3 is 1. The number of benzene rings is 1. The molecule has 1 N–H and O–H groups in total. The molecular weight excluding hydrogens is 300 g/mol. The molecule has 1 fully saturated rings. The van der Waals surface area contributed by atoms with Gasteiger partial charge in [-0.2, -0.15) is 0 Å². The first-order valence-electron chi connectivity index (χ1n) is 8.82. The van der Waals surface area contributed by atoms with Crippen LogP contribution in [-0.4, -0.2) is 17.0 Å². The van der Waals surface area contributed by atoms with E-state index in [9.17, 15) is 4.79 Å². The van der Waals surface area contributed by atoms with Gasteiger partial charge in [0.05, 0.1) is 12.6 Å². The van der Waals surface area contributed by atoms with Crippen LogP contribution in [0.25, 0.3) is 0 Å². The maximum absolute atomic E-state index is 12.6. The summed E-state index contributed by atoms with van der Waals surface area (Å²) in [6.07, 6.45) is 7.64. The Labute approximate surface area is 142 Å². The van der Waals surface area contributed by atoms with E-state index in [0.29, 0.717) is 0 Å². The lowest BCUT2D eigenvalue weighted by Crippen LogP contribution is -2.44. The van der Waals surface area contributed by atoms with Crippen LogP contribution in [-0.2, 0) is 18.6 Å². The van der Waals surface area contributed by atoms with Gasteiger partial charge in [0.1, 0.15) is 5.75 Å². The maximum Gasteiger partial charge on any atom is 0.186 e. The number of rotatable bonds is 3. The maximum atomic E-state index is 12.6. The summed E-state index contributed by atoms with van der Waals surface area (Å²) in [6.45, 7) is 1.70. The summed E-state index contributed by atoms with van der Waals surface area (Å²) in [5, 5.41) is 0. The number of nitrogens with zero attached hydrogens (tertiary/aromatic N) is 1. The molecule has 126 valence electrons. The lowest BCUT2D eigenvalue weighted by molar-refractivity contribution is 0.0529. The molecule has 0 unspecified atom stereocenters. The van der Waals surface area contributed by atoms with Gasteiger partial charge in [0, 0.05) is 36.6 Å². The molecule has 0 bridgehead atoms. The van der Waals surface area contributed by atoms with Crippen molar-refractivity contribution < 1.29 is 4.74 Å². The highest BCUT2D eigenvalue weighted by Crippen LogP contribution is 2.47. The highest BCUT2D eigenvalue weighted by atomic mass is 16.5. The smallest absolute Gasteiger partial charge is 0.186 e. The first-order valence-corrected chi connectivity index (χ1v) is 8.82. The van der Waals surface area contributed by atoms with Crippen LogP contribution in [0.5, 0.6) is 5.75 Å². The standard InChI is InChI=1S/C20H24N2O2/c1-24-16-7-5-15(6-8-16)13-22-14-17-19(18(23)9-12-21-17)20(22)10-3-2-4-11-20/h5-9,12H,2-4,10-11,13-14H2,1H3,(H,21,23). The highest BCUT2D eigenvalue weighted by Gasteiger charge is 2.47. The van der Waals surface area contributed by atoms with E-state index in [-0.39, 0.29) is 11.0 Å². The molecule has 1 aliphatic carbocycles. The van der Waals surface area contributed by atoms with Crippen LogP contribution in [0.3, 0.4) is 0 Å². The summed E-state index contributed by atoms with van der Waals surface area (Å²) in [5.41, 5.74) is 3.52. The molecule has 1 aliphatic heterocycles. The molecule has 1 saturated carbocycles. The van der Waals surface area contributed by atoms with E-state index in [1.807, 2.05) is 12.1 Å². The SMILES string of the molecule is COc1ccc(CN2Cc3[nH]ccc(=O)c3C23CCCCC3)cc1. The van der Waals surface area contributed by atoms with E-state index in [0.717, 1.165) is 42.9 Å². The molecule has 4 nitrogen and oxygen atoms in total. The summed E-state index contributed by atoms with van der Waals surface area (Å²) >= 11 is 0. The van der Waals surface area contributed by atoms with Crippen LogP contribution >= 0.6 is 0 Å². The number of ether oxygens (including phenoxy) is 1. The normalized spacial score (nSPS) is 19.4. The number of hydrogen-bond donors (Lipinski definition) is 1. The van der Waals surface area contributed by atoms with Crippen LogP contribution in [0.1, 0.15) is 48.9 Å². The lowest BCUT2D eigenvalue weighted by Gasteiger charge is -2.42. The fourth-order valence-corrected chi connectivity index (χ4v) is 4.52. The van der Waals surface area contributed by atoms with Crippen LogP contribution in [0.15, 0.2) is 41.3 Å². The summed E-state index contributed by atoms with van der Waals surface area (Å²) in [6, 6.07) is 9.96. The van der Waals surface area contributed by atoms with Crippen LogP contribution < -0.4 is 10.2 Å². The van der Waals surface area contributed by atoms with Crippen molar-refractivity contribution in [3.63, 3.8) is 0 Å². The predicted octanol–water partition coefficient (Wildman–Crippen LogP) is 3.56. The second-order valence-electron chi connectivity index (χ2n) is 6.99. The second-order valence-corrected chi connectivity index (χ2v) is 6.99. The van der Waals surface area contributed by atoms with Crippen molar-refractivity contribution in [2.75, 3.05) is 7.11 Å². The molecule has 2 heterocycles. The number of nitrogens with one attached hydrogen (secondary N) is 1. The van der Waals surface area contributed by atoms with Crippen molar-refractivity contribution in [3.05, 3.63) is 63.6 Å². The first-order chi connectivity index (χ1) is 11.7. The third-order valence-corrected chi connectivity index (χ3v) is 5.67. The Hall–Kier alpha value is -2.07. The molecule has 0 amide bonds. The van der Waals surface area contributed by atoms with Gasteiger partial charge in [0.2, 0.25) is 0 Å². The largest absolute Gasteiger partial charge is 0.497 e. The number of aromatic nitrogens is 1. The Bertz CT molecular complexity index is 773. The number of hydrogen-bond acceptors (Lipinski definition) is 3. The van der Waals surface area contributed by atoms with Crippen LogP contribution in [0.4, 0.5) is 0 Å². The Morgan fingerprint density at radius 3 is 2.58 bits per heavy atom. The van der Waals surface area contributed by atoms with Gasteiger partial charge in [-0.3, -0.25) is 9.69 Å². The van der Waals surface area contributed by atoms with Crippen molar-refractivity contribution in [2.24, 2.45) is 0 Å². The van der Waals surface area contributed by atoms with Crippen LogP contribution in [0, 0.1) is 0 Å². The minimum Gasteiger partial charge on any atom is -0.497 e. The second kappa shape index (κ2) is 6.10. The van der Waals surface area contributed by atoms with E-state index in [4.69, 9.17) is 4.74 Å². The zero-order valence-corrected chi connectivity index (χ0v) is 14.2. The molecule has 0 atom stereocenters. The van der Waals surface area contributed by atoms with Crippen molar-refractivity contribution in [3.8, 4) is 5.75 Å². The van der Waals surface area contributed by atoms with Gasteiger partial charge in [-0.1, -0.05) is 31.4 Å². The number of fused-ring (bicyclic) bond motifs is 2. The molecule has 2 aliphatic rings. The first kappa shape index (κ1) is 15.5. The van der Waals surface area contributed by atoms with Gasteiger partial charge in [-0.05, 0) is 30.5 Å². The van der Waals surface area contributed by atoms with Crippen molar-refractivity contribution in [2.45, 2.75) is 50.7 Å². The summed E-state index contributed by atoms with van der Waals surface area (Å²) in [5.74, 6) is 0.881. The molecule has 1 aromatic heterocycles. The average Bonchev–Trinajstić information content (AvgIpc) is 2.90. The summed E-state index contributed by atoms with van der Waals surface area (Å²) in [7, 11) is 1.69. The fourth-order valence-electron chi connectivity index (χ4n) is 4.52. The molecular formula is C20H24N2O2. The number of H-pyrrole nitrogens is 1. The minimum atomic E-state index is -0.0810. The Kier molecular flexibility index (Phi) is 3.93. The highest BCUT2D eigenvalue weighted by molar-refractivity contribution is 5.35. The van der Waals surface area contributed by atoms with E-state index in [2.05, 4.69) is 22.0 Å². The van der Waals surface area contributed by atoms with Gasteiger partial charge < -0.3 is 9.72 Å². The summed E-state index contributed by atoms with van der Waals surface area (Å²) < 4.78 is 5.26. The fraction of sp³-hybridized carbons (Fsp3) is 0.450. The van der Waals surface area contributed by atoms with Gasteiger partial charge in [-0.15, -0.1) is 0 Å². The number of pyridine rings is 1. The average molecular weight is 324 g/mol. The molecule has 4 rings (SSSR count). The van der Waals surface area contributed by atoms with Gasteiger partial charge in [-0.25, -0.2) is 0 Å². The quantitative estimate of drug-likeness (QED) is 0.939. The molecule has 1 spiro atoms. The predicted molar refractivity (Wildman–Crippen MR) is 94.1 cm³/mol. The molecule has 1 aromatic carbocycles. The zero-order valence-electron chi connectivity index (χ0n) is 14.2. The molecule has 2 aromatic rings. The van der Waals surface area contributed by atoms with Crippen LogP contribution in [0.2, 0.25) is 0 Å². The Balaban J connectivity index is 1.69. The lowest BCUT2D eigenvalue weighted by atomic mass is 9.77. The van der Waals surface area contributed by atoms with Crippen molar-refractivity contribution in [1.82, 2.24) is 9.88 Å². The van der Waals surface area contributed by atoms with Crippen molar-refractivity contribution >= 4 is 0 Å². The van der Waals surface area contributed by atoms with Gasteiger partial charge >= 0.3 is 0 Å². The van der Waals surface area contributed by atoms with Crippen molar-refractivity contribution in [1.29, 1.82) is 0 Å². The van der Waals surface area contributed by atoms with E-state index >= 15 is 0 Å². The van der Waals surface area contributed by atoms with E-state index in [1.165, 1.54) is 24.8 Å². The third-order valence-electron chi connectivity index (χ3n) is 5.67. The van der Waals surface area contributed by atoms with E-state index < -0.39 is 0 Å². The van der Waals surface area contributed by atoms with Gasteiger partial charge in [0.15, 0.2) is 5.43 Å². The molecule has 0 radical (unpaired) electrons. The topological polar surface area (TPSA) is 45.3 Å². The van der Waals surface area contributed by atoms with Gasteiger partial charge in [0.25, 0.3) is 0 Å². The minimum absolute atomic E-state index is 0.0810. The third kappa shape index (κ3) is 2.46. The monoisotopic (exact) mass is 324 g/mol. The van der Waals surface area contributed by atoms with E-state index in [1.54, 1.807) is 19.4 Å². The zero-order chi connectivity index (χ0) is 16.6. The Morgan fingerprint density at radius 1 is 1.12 bits per heavy atom. The molecule has 0 saturated heterocycles. The summed E-state index contributed by atoms with van der Waals surface area (Å²) in [4.78, 5) is 18.4. The Morgan fingerprint density at radius 2 is 1.88 bits per heavy atom. The number of aromatic amines is 1. The molecule has 24 heavy (non-hydrogen) atoms. The molecule has 4 heteroatoms.